The number of hydrogen-bond acceptors (Lipinski definition) is 5. The number of nitrogens with zero attached hydrogens (tertiary/aromatic N) is 1. The Bertz CT molecular complexity index is 620. The number of Topliss-reactive ketones (excluding diaryl/α,β-unsaturated/α-hetero) is 1. The van der Waals surface area contributed by atoms with E-state index in [1.54, 1.807) is 30.3 Å². The molecule has 110 valence electrons. The van der Waals surface area contributed by atoms with Gasteiger partial charge in [0.2, 0.25) is 0 Å². The highest BCUT2D eigenvalue weighted by molar-refractivity contribution is 6.08. The first-order valence-electron chi connectivity index (χ1n) is 6.43. The second kappa shape index (κ2) is 5.78. The van der Waals surface area contributed by atoms with Crippen molar-refractivity contribution in [1.29, 1.82) is 0 Å². The summed E-state index contributed by atoms with van der Waals surface area (Å²) < 4.78 is 0. The van der Waals surface area contributed by atoms with Crippen molar-refractivity contribution >= 4 is 17.7 Å². The molecule has 6 nitrogen and oxygen atoms in total. The SMILES string of the molecule is CC(=O)C1=C(O)C(=O)N(CCC(=O)[O-])[C@H]1c1ccccc1. The number of ketones is 1. The fourth-order valence-corrected chi connectivity index (χ4v) is 2.44. The van der Waals surface area contributed by atoms with Crippen LogP contribution in [0.3, 0.4) is 0 Å². The molecule has 1 N–H and O–H groups in total. The summed E-state index contributed by atoms with van der Waals surface area (Å²) in [6.45, 7) is 1.12. The molecular formula is C15H14NO5-. The van der Waals surface area contributed by atoms with Crippen LogP contribution in [-0.2, 0) is 14.4 Å². The van der Waals surface area contributed by atoms with Gasteiger partial charge < -0.3 is 19.9 Å². The van der Waals surface area contributed by atoms with E-state index in [2.05, 4.69) is 0 Å². The van der Waals surface area contributed by atoms with Gasteiger partial charge in [-0.25, -0.2) is 0 Å². The molecule has 6 heteroatoms. The first-order valence-corrected chi connectivity index (χ1v) is 6.43. The Balaban J connectivity index is 2.43. The first-order chi connectivity index (χ1) is 9.93. The monoisotopic (exact) mass is 288 g/mol. The van der Waals surface area contributed by atoms with Crippen LogP contribution >= 0.6 is 0 Å². The van der Waals surface area contributed by atoms with Crippen LogP contribution < -0.4 is 5.11 Å². The van der Waals surface area contributed by atoms with Crippen LogP contribution in [0.5, 0.6) is 0 Å². The molecule has 0 bridgehead atoms. The van der Waals surface area contributed by atoms with E-state index < -0.39 is 29.5 Å². The first kappa shape index (κ1) is 14.8. The second-order valence-electron chi connectivity index (χ2n) is 4.75. The van der Waals surface area contributed by atoms with E-state index in [-0.39, 0.29) is 18.5 Å². The van der Waals surface area contributed by atoms with Gasteiger partial charge in [-0.2, -0.15) is 0 Å². The van der Waals surface area contributed by atoms with Crippen molar-refractivity contribution in [2.75, 3.05) is 6.54 Å². The Morgan fingerprint density at radius 1 is 1.29 bits per heavy atom. The predicted octanol–water partition coefficient (Wildman–Crippen LogP) is 0.111. The normalized spacial score (nSPS) is 18.2. The van der Waals surface area contributed by atoms with Crippen molar-refractivity contribution in [2.24, 2.45) is 0 Å². The van der Waals surface area contributed by atoms with Gasteiger partial charge in [0.25, 0.3) is 5.91 Å². The summed E-state index contributed by atoms with van der Waals surface area (Å²) in [5.74, 6) is -3.08. The molecule has 1 aliphatic rings. The Morgan fingerprint density at radius 3 is 2.43 bits per heavy atom. The largest absolute Gasteiger partial charge is 0.550 e. The minimum atomic E-state index is -1.30. The zero-order valence-electron chi connectivity index (χ0n) is 11.4. The van der Waals surface area contributed by atoms with Crippen LogP contribution in [-0.4, -0.2) is 34.2 Å². The maximum Gasteiger partial charge on any atom is 0.290 e. The molecule has 1 aliphatic heterocycles. The lowest BCUT2D eigenvalue weighted by molar-refractivity contribution is -0.305. The molecule has 0 aromatic heterocycles. The number of amides is 1. The van der Waals surface area contributed by atoms with Crippen LogP contribution in [0.25, 0.3) is 0 Å². The van der Waals surface area contributed by atoms with Crippen molar-refractivity contribution in [3.05, 3.63) is 47.2 Å². The molecule has 1 heterocycles. The number of rotatable bonds is 5. The molecule has 0 fully saturated rings. The van der Waals surface area contributed by atoms with E-state index in [4.69, 9.17) is 0 Å². The quantitative estimate of drug-likeness (QED) is 0.829. The summed E-state index contributed by atoms with van der Waals surface area (Å²) in [4.78, 5) is 35.6. The molecule has 1 aromatic carbocycles. The van der Waals surface area contributed by atoms with Crippen LogP contribution in [0.4, 0.5) is 0 Å². The van der Waals surface area contributed by atoms with Gasteiger partial charge in [0, 0.05) is 18.9 Å². The number of benzene rings is 1. The van der Waals surface area contributed by atoms with Crippen LogP contribution in [0, 0.1) is 0 Å². The highest BCUT2D eigenvalue weighted by Gasteiger charge is 2.41. The van der Waals surface area contributed by atoms with Crippen LogP contribution in [0.2, 0.25) is 0 Å². The zero-order chi connectivity index (χ0) is 15.6. The molecule has 1 atom stereocenters. The van der Waals surface area contributed by atoms with E-state index in [1.807, 2.05) is 0 Å². The summed E-state index contributed by atoms with van der Waals surface area (Å²) >= 11 is 0. The van der Waals surface area contributed by atoms with Crippen LogP contribution in [0.1, 0.15) is 24.9 Å². The van der Waals surface area contributed by atoms with Gasteiger partial charge in [0.05, 0.1) is 11.6 Å². The molecule has 2 rings (SSSR count). The fraction of sp³-hybridized carbons (Fsp3) is 0.267. The lowest BCUT2D eigenvalue weighted by Crippen LogP contribution is -2.35. The number of carboxylic acids is 1. The topological polar surface area (TPSA) is 97.7 Å². The van der Waals surface area contributed by atoms with E-state index in [1.165, 1.54) is 11.8 Å². The smallest absolute Gasteiger partial charge is 0.290 e. The van der Waals surface area contributed by atoms with Gasteiger partial charge in [0.15, 0.2) is 11.5 Å². The van der Waals surface area contributed by atoms with E-state index >= 15 is 0 Å². The van der Waals surface area contributed by atoms with E-state index in [9.17, 15) is 24.6 Å². The zero-order valence-corrected chi connectivity index (χ0v) is 11.4. The third kappa shape index (κ3) is 2.79. The molecule has 0 saturated carbocycles. The highest BCUT2D eigenvalue weighted by atomic mass is 16.4. The Labute approximate surface area is 121 Å². The molecule has 1 amide bonds. The average Bonchev–Trinajstić information content (AvgIpc) is 2.70. The number of carbonyl (C=O) groups is 3. The number of carboxylic acid groups (broad SMARTS) is 1. The molecule has 1 aromatic rings. The van der Waals surface area contributed by atoms with Crippen molar-refractivity contribution in [3.8, 4) is 0 Å². The summed E-state index contributed by atoms with van der Waals surface area (Å²) in [5.41, 5.74) is 0.628. The highest BCUT2D eigenvalue weighted by Crippen LogP contribution is 2.37. The number of hydrogen-bond donors (Lipinski definition) is 1. The van der Waals surface area contributed by atoms with E-state index in [0.717, 1.165) is 0 Å². The molecular weight excluding hydrogens is 274 g/mol. The van der Waals surface area contributed by atoms with Crippen molar-refractivity contribution in [2.45, 2.75) is 19.4 Å². The van der Waals surface area contributed by atoms with Gasteiger partial charge >= 0.3 is 0 Å². The fourth-order valence-electron chi connectivity index (χ4n) is 2.44. The number of aliphatic hydroxyl groups is 1. The Kier molecular flexibility index (Phi) is 4.07. The van der Waals surface area contributed by atoms with Gasteiger partial charge in [0.1, 0.15) is 0 Å². The summed E-state index contributed by atoms with van der Waals surface area (Å²) in [7, 11) is 0. The van der Waals surface area contributed by atoms with Crippen molar-refractivity contribution in [1.82, 2.24) is 4.90 Å². The Morgan fingerprint density at radius 2 is 1.90 bits per heavy atom. The molecule has 0 radical (unpaired) electrons. The molecule has 0 saturated heterocycles. The Hall–Kier alpha value is -2.63. The number of carbonyl (C=O) groups excluding carboxylic acids is 3. The van der Waals surface area contributed by atoms with Gasteiger partial charge in [-0.05, 0) is 12.5 Å². The maximum absolute atomic E-state index is 12.1. The number of aliphatic carboxylic acids is 1. The third-order valence-electron chi connectivity index (χ3n) is 3.36. The maximum atomic E-state index is 12.1. The van der Waals surface area contributed by atoms with Gasteiger partial charge in [-0.3, -0.25) is 9.59 Å². The summed E-state index contributed by atoms with van der Waals surface area (Å²) in [6, 6.07) is 7.92. The van der Waals surface area contributed by atoms with Crippen molar-refractivity contribution in [3.63, 3.8) is 0 Å². The van der Waals surface area contributed by atoms with Crippen molar-refractivity contribution < 1.29 is 24.6 Å². The van der Waals surface area contributed by atoms with Gasteiger partial charge in [-0.15, -0.1) is 0 Å². The predicted molar refractivity (Wildman–Crippen MR) is 70.9 cm³/mol. The van der Waals surface area contributed by atoms with E-state index in [0.29, 0.717) is 5.56 Å². The summed E-state index contributed by atoms with van der Waals surface area (Å²) in [5, 5.41) is 20.5. The van der Waals surface area contributed by atoms with Crippen LogP contribution in [0.15, 0.2) is 41.7 Å². The average molecular weight is 288 g/mol. The summed E-state index contributed by atoms with van der Waals surface area (Å²) in [6.07, 6.45) is -0.368. The molecule has 0 unspecified atom stereocenters. The third-order valence-corrected chi connectivity index (χ3v) is 3.36. The number of aliphatic hydroxyl groups excluding tert-OH is 1. The minimum Gasteiger partial charge on any atom is -0.550 e. The molecule has 0 aliphatic carbocycles. The lowest BCUT2D eigenvalue weighted by atomic mass is 9.97. The molecule has 0 spiro atoms. The standard InChI is InChI=1S/C15H15NO5/c1-9(17)12-13(10-5-3-2-4-6-10)16(8-7-11(18)19)15(21)14(12)20/h2-6,13,20H,7-8H2,1H3,(H,18,19)/p-1/t13-/m0/s1. The second-order valence-corrected chi connectivity index (χ2v) is 4.75. The minimum absolute atomic E-state index is 0.00968. The molecule has 21 heavy (non-hydrogen) atoms. The lowest BCUT2D eigenvalue weighted by Gasteiger charge is -2.26. The van der Waals surface area contributed by atoms with Gasteiger partial charge in [-0.1, -0.05) is 30.3 Å².